The van der Waals surface area contributed by atoms with Crippen molar-refractivity contribution in [2.24, 2.45) is 23.0 Å². The van der Waals surface area contributed by atoms with Gasteiger partial charge in [-0.3, -0.25) is 4.79 Å². The first-order valence-electron chi connectivity index (χ1n) is 7.56. The zero-order valence-corrected chi connectivity index (χ0v) is 12.6. The van der Waals surface area contributed by atoms with Gasteiger partial charge in [-0.05, 0) is 37.0 Å². The highest BCUT2D eigenvalue weighted by Gasteiger charge is 2.47. The van der Waals surface area contributed by atoms with E-state index in [1.165, 1.54) is 0 Å². The van der Waals surface area contributed by atoms with Crippen LogP contribution < -0.4 is 5.73 Å². The molecule has 0 aromatic heterocycles. The quantitative estimate of drug-likeness (QED) is 0.793. The second-order valence-electron chi connectivity index (χ2n) is 6.91. The third-order valence-corrected chi connectivity index (χ3v) is 5.40. The van der Waals surface area contributed by atoms with Crippen LogP contribution in [0.4, 0.5) is 0 Å². The highest BCUT2D eigenvalue weighted by atomic mass is 16.2. The molecule has 3 heteroatoms. The summed E-state index contributed by atoms with van der Waals surface area (Å²) in [5, 5.41) is 0. The Kier molecular flexibility index (Phi) is 4.05. The molecule has 2 aliphatic carbocycles. The lowest BCUT2D eigenvalue weighted by Gasteiger charge is -2.47. The van der Waals surface area contributed by atoms with Crippen molar-refractivity contribution in [1.82, 2.24) is 4.90 Å². The van der Waals surface area contributed by atoms with Crippen LogP contribution in [0.2, 0.25) is 0 Å². The van der Waals surface area contributed by atoms with E-state index in [1.807, 2.05) is 11.0 Å². The second kappa shape index (κ2) is 5.28. The zero-order chi connectivity index (χ0) is 14.2. The molecule has 0 spiro atoms. The molecule has 0 saturated heterocycles. The first kappa shape index (κ1) is 14.6. The summed E-state index contributed by atoms with van der Waals surface area (Å²) in [7, 11) is 0. The fourth-order valence-electron chi connectivity index (χ4n) is 3.44. The number of nitrogens with two attached hydrogens (primary N) is 1. The molecule has 0 bridgehead atoms. The smallest absolute Gasteiger partial charge is 0.226 e. The Morgan fingerprint density at radius 1 is 1.37 bits per heavy atom. The maximum Gasteiger partial charge on any atom is 0.226 e. The zero-order valence-electron chi connectivity index (χ0n) is 12.6. The Hall–Kier alpha value is -0.830. The van der Waals surface area contributed by atoms with Gasteiger partial charge >= 0.3 is 0 Å². The molecule has 0 aliphatic heterocycles. The van der Waals surface area contributed by atoms with Crippen LogP contribution in [0.3, 0.4) is 0 Å². The molecule has 3 atom stereocenters. The Labute approximate surface area is 117 Å². The minimum absolute atomic E-state index is 0.0109. The van der Waals surface area contributed by atoms with Crippen molar-refractivity contribution >= 4 is 5.91 Å². The number of hydrogen-bond acceptors (Lipinski definition) is 2. The predicted molar refractivity (Wildman–Crippen MR) is 78.6 cm³/mol. The molecule has 2 rings (SSSR count). The summed E-state index contributed by atoms with van der Waals surface area (Å²) in [6, 6.07) is 0.694. The number of rotatable bonds is 4. The molecule has 2 fully saturated rings. The van der Waals surface area contributed by atoms with Crippen LogP contribution in [0.25, 0.3) is 0 Å². The van der Waals surface area contributed by atoms with Gasteiger partial charge in [-0.25, -0.2) is 0 Å². The molecule has 3 nitrogen and oxygen atoms in total. The summed E-state index contributed by atoms with van der Waals surface area (Å²) in [6.45, 7) is 11.1. The fourth-order valence-corrected chi connectivity index (χ4v) is 3.44. The molecule has 108 valence electrons. The lowest BCUT2D eigenvalue weighted by atomic mass is 9.60. The van der Waals surface area contributed by atoms with Gasteiger partial charge in [0.2, 0.25) is 5.91 Å². The standard InChI is InChI=1S/C16H28N2O/c1-5-10-18(12-6-7-12)15(19)13-8-9-14(17)11(2)16(13,3)4/h5,11-14H,1,6-10,17H2,2-4H3. The van der Waals surface area contributed by atoms with Crippen LogP contribution in [-0.2, 0) is 4.79 Å². The van der Waals surface area contributed by atoms with E-state index in [1.54, 1.807) is 0 Å². The molecule has 1 amide bonds. The van der Waals surface area contributed by atoms with Crippen molar-refractivity contribution in [3.63, 3.8) is 0 Å². The van der Waals surface area contributed by atoms with E-state index in [2.05, 4.69) is 27.4 Å². The van der Waals surface area contributed by atoms with Crippen LogP contribution in [0.1, 0.15) is 46.5 Å². The summed E-state index contributed by atoms with van der Waals surface area (Å²) in [6.07, 6.45) is 6.05. The molecule has 0 aromatic carbocycles. The molecule has 3 unspecified atom stereocenters. The van der Waals surface area contributed by atoms with E-state index in [4.69, 9.17) is 5.73 Å². The molecular weight excluding hydrogens is 236 g/mol. The molecule has 19 heavy (non-hydrogen) atoms. The summed E-state index contributed by atoms with van der Waals surface area (Å²) >= 11 is 0. The number of hydrogen-bond donors (Lipinski definition) is 1. The lowest BCUT2D eigenvalue weighted by molar-refractivity contribution is -0.143. The van der Waals surface area contributed by atoms with Crippen LogP contribution in [0.15, 0.2) is 12.7 Å². The molecule has 2 N–H and O–H groups in total. The van der Waals surface area contributed by atoms with Crippen molar-refractivity contribution in [2.45, 2.75) is 58.5 Å². The molecular formula is C16H28N2O. The van der Waals surface area contributed by atoms with Crippen LogP contribution in [-0.4, -0.2) is 29.4 Å². The minimum Gasteiger partial charge on any atom is -0.336 e. The van der Waals surface area contributed by atoms with Crippen LogP contribution >= 0.6 is 0 Å². The first-order valence-corrected chi connectivity index (χ1v) is 7.56. The number of nitrogens with zero attached hydrogens (tertiary/aromatic N) is 1. The lowest BCUT2D eigenvalue weighted by Crippen LogP contribution is -2.52. The van der Waals surface area contributed by atoms with Crippen molar-refractivity contribution in [3.05, 3.63) is 12.7 Å². The number of carbonyl (C=O) groups is 1. The fraction of sp³-hybridized carbons (Fsp3) is 0.812. The first-order chi connectivity index (χ1) is 8.89. The van der Waals surface area contributed by atoms with Gasteiger partial charge < -0.3 is 10.6 Å². The van der Waals surface area contributed by atoms with E-state index >= 15 is 0 Å². The molecule has 0 heterocycles. The van der Waals surface area contributed by atoms with E-state index in [0.717, 1.165) is 25.7 Å². The average molecular weight is 264 g/mol. The molecule has 0 aromatic rings. The largest absolute Gasteiger partial charge is 0.336 e. The van der Waals surface area contributed by atoms with Gasteiger partial charge in [0.1, 0.15) is 0 Å². The minimum atomic E-state index is -0.0109. The van der Waals surface area contributed by atoms with Crippen LogP contribution in [0, 0.1) is 17.3 Å². The van der Waals surface area contributed by atoms with Crippen molar-refractivity contribution in [2.75, 3.05) is 6.54 Å². The van der Waals surface area contributed by atoms with Gasteiger partial charge in [-0.15, -0.1) is 6.58 Å². The Bertz CT molecular complexity index is 360. The van der Waals surface area contributed by atoms with E-state index in [-0.39, 0.29) is 17.4 Å². The van der Waals surface area contributed by atoms with E-state index < -0.39 is 0 Å². The summed E-state index contributed by atoms with van der Waals surface area (Å²) < 4.78 is 0. The Morgan fingerprint density at radius 2 is 2.00 bits per heavy atom. The van der Waals surface area contributed by atoms with Gasteiger partial charge in [0.15, 0.2) is 0 Å². The Morgan fingerprint density at radius 3 is 2.53 bits per heavy atom. The van der Waals surface area contributed by atoms with E-state index in [0.29, 0.717) is 24.4 Å². The van der Waals surface area contributed by atoms with Crippen molar-refractivity contribution < 1.29 is 4.79 Å². The topological polar surface area (TPSA) is 46.3 Å². The average Bonchev–Trinajstić information content (AvgIpc) is 3.17. The third-order valence-electron chi connectivity index (χ3n) is 5.40. The molecule has 2 saturated carbocycles. The number of carbonyl (C=O) groups excluding carboxylic acids is 1. The summed E-state index contributed by atoms with van der Waals surface area (Å²) in [5.41, 5.74) is 6.17. The maximum atomic E-state index is 12.9. The van der Waals surface area contributed by atoms with Gasteiger partial charge in [0, 0.05) is 24.5 Å². The number of amides is 1. The maximum absolute atomic E-state index is 12.9. The van der Waals surface area contributed by atoms with Gasteiger partial charge in [0.25, 0.3) is 0 Å². The van der Waals surface area contributed by atoms with Gasteiger partial charge in [-0.2, -0.15) is 0 Å². The summed E-state index contributed by atoms with van der Waals surface area (Å²) in [5.74, 6) is 0.828. The molecule has 0 radical (unpaired) electrons. The molecule has 2 aliphatic rings. The van der Waals surface area contributed by atoms with Crippen molar-refractivity contribution in [1.29, 1.82) is 0 Å². The van der Waals surface area contributed by atoms with Gasteiger partial charge in [0.05, 0.1) is 0 Å². The highest BCUT2D eigenvalue weighted by Crippen LogP contribution is 2.46. The summed E-state index contributed by atoms with van der Waals surface area (Å²) in [4.78, 5) is 14.9. The van der Waals surface area contributed by atoms with Gasteiger partial charge in [-0.1, -0.05) is 26.8 Å². The predicted octanol–water partition coefficient (Wildman–Crippen LogP) is 2.56. The second-order valence-corrected chi connectivity index (χ2v) is 6.91. The normalized spacial score (nSPS) is 33.8. The highest BCUT2D eigenvalue weighted by molar-refractivity contribution is 5.80. The SMILES string of the molecule is C=CCN(C(=O)C1CCC(N)C(C)C1(C)C)C1CC1. The third kappa shape index (κ3) is 2.71. The van der Waals surface area contributed by atoms with E-state index in [9.17, 15) is 4.79 Å². The Balaban J connectivity index is 2.14. The monoisotopic (exact) mass is 264 g/mol. The van der Waals surface area contributed by atoms with Crippen LogP contribution in [0.5, 0.6) is 0 Å². The van der Waals surface area contributed by atoms with Crippen molar-refractivity contribution in [3.8, 4) is 0 Å².